The van der Waals surface area contributed by atoms with E-state index in [2.05, 4.69) is 5.32 Å². The van der Waals surface area contributed by atoms with Crippen LogP contribution in [0.4, 0.5) is 0 Å². The number of nitrogens with two attached hydrogens (primary N) is 1. The highest BCUT2D eigenvalue weighted by molar-refractivity contribution is 6.00. The van der Waals surface area contributed by atoms with E-state index in [1.807, 2.05) is 0 Å². The van der Waals surface area contributed by atoms with Gasteiger partial charge in [0.2, 0.25) is 11.8 Å². The van der Waals surface area contributed by atoms with Gasteiger partial charge in [-0.2, -0.15) is 0 Å². The van der Waals surface area contributed by atoms with Crippen LogP contribution in [0.5, 0.6) is 0 Å². The lowest BCUT2D eigenvalue weighted by Crippen LogP contribution is -2.41. The molecular formula is C12H15N3O3. The lowest BCUT2D eigenvalue weighted by molar-refractivity contribution is -0.134. The third kappa shape index (κ3) is 2.33. The van der Waals surface area contributed by atoms with Gasteiger partial charge < -0.3 is 10.3 Å². The fourth-order valence-electron chi connectivity index (χ4n) is 2.13. The van der Waals surface area contributed by atoms with Crippen molar-refractivity contribution in [2.24, 2.45) is 5.73 Å². The topological polar surface area (TPSA) is 94.2 Å². The Hall–Kier alpha value is -1.95. The predicted molar refractivity (Wildman–Crippen MR) is 64.9 cm³/mol. The molecule has 0 aliphatic carbocycles. The molecule has 1 unspecified atom stereocenters. The van der Waals surface area contributed by atoms with Crippen LogP contribution < -0.4 is 16.6 Å². The van der Waals surface area contributed by atoms with Gasteiger partial charge in [-0.25, -0.2) is 0 Å². The Balaban J connectivity index is 2.33. The monoisotopic (exact) mass is 249 g/mol. The smallest absolute Gasteiger partial charge is 0.254 e. The molecule has 6 heteroatoms. The lowest BCUT2D eigenvalue weighted by Gasteiger charge is -2.21. The molecule has 2 rings (SSSR count). The molecule has 0 bridgehead atoms. The molecule has 1 saturated heterocycles. The Morgan fingerprint density at radius 1 is 1.39 bits per heavy atom. The SMILES string of the molecule is NCCn1cccc(C2CCC(=O)NC2=O)c1=O. The number of rotatable bonds is 3. The van der Waals surface area contributed by atoms with E-state index in [1.165, 1.54) is 4.57 Å². The van der Waals surface area contributed by atoms with Gasteiger partial charge in [-0.3, -0.25) is 19.7 Å². The maximum Gasteiger partial charge on any atom is 0.254 e. The molecule has 18 heavy (non-hydrogen) atoms. The van der Waals surface area contributed by atoms with E-state index in [9.17, 15) is 14.4 Å². The van der Waals surface area contributed by atoms with Gasteiger partial charge in [0, 0.05) is 31.3 Å². The van der Waals surface area contributed by atoms with Gasteiger partial charge in [0.1, 0.15) is 0 Å². The number of hydrogen-bond acceptors (Lipinski definition) is 4. The molecule has 1 atom stereocenters. The van der Waals surface area contributed by atoms with Crippen LogP contribution in [0.2, 0.25) is 0 Å². The van der Waals surface area contributed by atoms with Crippen molar-refractivity contribution in [1.82, 2.24) is 9.88 Å². The lowest BCUT2D eigenvalue weighted by atomic mass is 9.91. The molecule has 1 aromatic heterocycles. The summed E-state index contributed by atoms with van der Waals surface area (Å²) in [7, 11) is 0. The molecule has 0 radical (unpaired) electrons. The third-order valence-electron chi connectivity index (χ3n) is 3.03. The zero-order chi connectivity index (χ0) is 13.1. The largest absolute Gasteiger partial charge is 0.329 e. The van der Waals surface area contributed by atoms with Crippen molar-refractivity contribution in [3.63, 3.8) is 0 Å². The summed E-state index contributed by atoms with van der Waals surface area (Å²) in [6.07, 6.45) is 2.29. The molecule has 3 N–H and O–H groups in total. The highest BCUT2D eigenvalue weighted by Gasteiger charge is 2.29. The zero-order valence-electron chi connectivity index (χ0n) is 9.89. The first-order valence-corrected chi connectivity index (χ1v) is 5.86. The minimum Gasteiger partial charge on any atom is -0.329 e. The van der Waals surface area contributed by atoms with Crippen LogP contribution in [0.1, 0.15) is 24.3 Å². The van der Waals surface area contributed by atoms with Crippen LogP contribution in [0, 0.1) is 0 Å². The minimum absolute atomic E-state index is 0.211. The van der Waals surface area contributed by atoms with Crippen LogP contribution >= 0.6 is 0 Å². The van der Waals surface area contributed by atoms with Crippen molar-refractivity contribution >= 4 is 11.8 Å². The number of piperidine rings is 1. The van der Waals surface area contributed by atoms with Crippen LogP contribution in [-0.4, -0.2) is 22.9 Å². The highest BCUT2D eigenvalue weighted by Crippen LogP contribution is 2.21. The van der Waals surface area contributed by atoms with Crippen molar-refractivity contribution < 1.29 is 9.59 Å². The van der Waals surface area contributed by atoms with E-state index in [1.54, 1.807) is 18.3 Å². The van der Waals surface area contributed by atoms with Gasteiger partial charge in [-0.1, -0.05) is 6.07 Å². The summed E-state index contributed by atoms with van der Waals surface area (Å²) in [6.45, 7) is 0.776. The van der Waals surface area contributed by atoms with Crippen molar-refractivity contribution in [3.05, 3.63) is 34.2 Å². The van der Waals surface area contributed by atoms with Crippen molar-refractivity contribution in [2.75, 3.05) is 6.54 Å². The molecule has 1 fully saturated rings. The number of imide groups is 1. The maximum absolute atomic E-state index is 12.1. The third-order valence-corrected chi connectivity index (χ3v) is 3.03. The summed E-state index contributed by atoms with van der Waals surface area (Å²) in [4.78, 5) is 34.9. The molecule has 1 aliphatic heterocycles. The molecule has 0 aromatic carbocycles. The van der Waals surface area contributed by atoms with Gasteiger partial charge in [-0.15, -0.1) is 0 Å². The zero-order valence-corrected chi connectivity index (χ0v) is 9.89. The van der Waals surface area contributed by atoms with Gasteiger partial charge >= 0.3 is 0 Å². The molecule has 0 spiro atoms. The van der Waals surface area contributed by atoms with E-state index in [0.29, 0.717) is 25.1 Å². The quantitative estimate of drug-likeness (QED) is 0.694. The molecule has 1 aliphatic rings. The highest BCUT2D eigenvalue weighted by atomic mass is 16.2. The van der Waals surface area contributed by atoms with Crippen LogP contribution in [0.15, 0.2) is 23.1 Å². The second kappa shape index (κ2) is 5.14. The number of carbonyl (C=O) groups is 2. The molecular weight excluding hydrogens is 234 g/mol. The fraction of sp³-hybridized carbons (Fsp3) is 0.417. The summed E-state index contributed by atoms with van der Waals surface area (Å²) in [5.41, 5.74) is 5.64. The number of nitrogens with one attached hydrogen (secondary N) is 1. The number of aromatic nitrogens is 1. The Labute approximate surface area is 104 Å². The summed E-state index contributed by atoms with van der Waals surface area (Å²) >= 11 is 0. The summed E-state index contributed by atoms with van der Waals surface area (Å²) in [5.74, 6) is -1.22. The van der Waals surface area contributed by atoms with Gasteiger partial charge in [0.05, 0.1) is 5.92 Å². The number of carbonyl (C=O) groups excluding carboxylic acids is 2. The molecule has 0 saturated carbocycles. The molecule has 96 valence electrons. The van der Waals surface area contributed by atoms with E-state index in [-0.39, 0.29) is 17.9 Å². The standard InChI is InChI=1S/C12H15N3O3/c13-5-7-15-6-1-2-9(12(15)18)8-3-4-10(16)14-11(8)17/h1-2,6,8H,3-5,7,13H2,(H,14,16,17). The van der Waals surface area contributed by atoms with Gasteiger partial charge in [0.15, 0.2) is 0 Å². The van der Waals surface area contributed by atoms with Crippen LogP contribution in [0.3, 0.4) is 0 Å². The Kier molecular flexibility index (Phi) is 3.57. The van der Waals surface area contributed by atoms with E-state index >= 15 is 0 Å². The second-order valence-electron chi connectivity index (χ2n) is 4.25. The fourth-order valence-corrected chi connectivity index (χ4v) is 2.13. The number of amides is 2. The van der Waals surface area contributed by atoms with Crippen molar-refractivity contribution in [3.8, 4) is 0 Å². The van der Waals surface area contributed by atoms with Crippen LogP contribution in [-0.2, 0) is 16.1 Å². The molecule has 2 heterocycles. The Morgan fingerprint density at radius 3 is 2.83 bits per heavy atom. The van der Waals surface area contributed by atoms with Crippen molar-refractivity contribution in [1.29, 1.82) is 0 Å². The average molecular weight is 249 g/mol. The summed E-state index contributed by atoms with van der Waals surface area (Å²) in [5, 5.41) is 2.26. The van der Waals surface area contributed by atoms with Crippen LogP contribution in [0.25, 0.3) is 0 Å². The van der Waals surface area contributed by atoms with Gasteiger partial charge in [-0.05, 0) is 12.5 Å². The maximum atomic E-state index is 12.1. The second-order valence-corrected chi connectivity index (χ2v) is 4.25. The Morgan fingerprint density at radius 2 is 2.17 bits per heavy atom. The van der Waals surface area contributed by atoms with Crippen molar-refractivity contribution in [2.45, 2.75) is 25.3 Å². The predicted octanol–water partition coefficient (Wildman–Crippen LogP) is -0.673. The van der Waals surface area contributed by atoms with E-state index < -0.39 is 11.8 Å². The average Bonchev–Trinajstić information content (AvgIpc) is 2.33. The minimum atomic E-state index is -0.541. The summed E-state index contributed by atoms with van der Waals surface area (Å²) in [6, 6.07) is 3.35. The van der Waals surface area contributed by atoms with Gasteiger partial charge in [0.25, 0.3) is 5.56 Å². The number of hydrogen-bond donors (Lipinski definition) is 2. The first-order chi connectivity index (χ1) is 8.63. The number of pyridine rings is 1. The molecule has 2 amide bonds. The first-order valence-electron chi connectivity index (χ1n) is 5.86. The number of nitrogens with zero attached hydrogens (tertiary/aromatic N) is 1. The van der Waals surface area contributed by atoms with E-state index in [4.69, 9.17) is 5.73 Å². The first kappa shape index (κ1) is 12.5. The Bertz CT molecular complexity index is 536. The van der Waals surface area contributed by atoms with E-state index in [0.717, 1.165) is 0 Å². The molecule has 6 nitrogen and oxygen atoms in total. The summed E-state index contributed by atoms with van der Waals surface area (Å²) < 4.78 is 1.49. The normalized spacial score (nSPS) is 19.7. The molecule has 1 aromatic rings.